The van der Waals surface area contributed by atoms with Crippen molar-refractivity contribution in [2.24, 2.45) is 0 Å². The van der Waals surface area contributed by atoms with Crippen molar-refractivity contribution >= 4 is 33.3 Å². The maximum absolute atomic E-state index is 5.74. The van der Waals surface area contributed by atoms with E-state index in [4.69, 9.17) is 5.73 Å². The van der Waals surface area contributed by atoms with Crippen molar-refractivity contribution in [3.63, 3.8) is 0 Å². The Morgan fingerprint density at radius 2 is 2.18 bits per heavy atom. The van der Waals surface area contributed by atoms with Crippen LogP contribution in [0.1, 0.15) is 32.1 Å². The summed E-state index contributed by atoms with van der Waals surface area (Å²) in [7, 11) is 0. The molecule has 0 saturated heterocycles. The van der Waals surface area contributed by atoms with Crippen LogP contribution in [0.2, 0.25) is 0 Å². The molecule has 2 heterocycles. The number of rotatable bonds is 4. The van der Waals surface area contributed by atoms with E-state index in [2.05, 4.69) is 42.1 Å². The zero-order chi connectivity index (χ0) is 12.4. The number of hydrogen-bond acceptors (Lipinski definition) is 5. The molecule has 0 saturated carbocycles. The highest BCUT2D eigenvalue weighted by Crippen LogP contribution is 2.30. The summed E-state index contributed by atoms with van der Waals surface area (Å²) in [6.07, 6.45) is 2.07. The molecule has 2 rings (SSSR count). The summed E-state index contributed by atoms with van der Waals surface area (Å²) in [5, 5.41) is 4.47. The Bertz CT molecular complexity index is 520. The first kappa shape index (κ1) is 12.1. The van der Waals surface area contributed by atoms with Gasteiger partial charge in [0, 0.05) is 10.9 Å². The van der Waals surface area contributed by atoms with Gasteiger partial charge in [0.25, 0.3) is 0 Å². The Kier molecular flexibility index (Phi) is 3.47. The molecule has 5 heteroatoms. The third-order valence-electron chi connectivity index (χ3n) is 2.81. The van der Waals surface area contributed by atoms with Gasteiger partial charge in [0.15, 0.2) is 0 Å². The predicted octanol–water partition coefficient (Wildman–Crippen LogP) is 3.05. The molecule has 0 aromatic carbocycles. The maximum Gasteiger partial charge on any atom is 0.223 e. The van der Waals surface area contributed by atoms with Crippen LogP contribution in [0.25, 0.3) is 10.2 Å². The van der Waals surface area contributed by atoms with Crippen molar-refractivity contribution in [2.45, 2.75) is 39.7 Å². The highest BCUT2D eigenvalue weighted by Gasteiger charge is 2.11. The number of nitrogens with one attached hydrogen (secondary N) is 1. The molecule has 2 aromatic rings. The van der Waals surface area contributed by atoms with Gasteiger partial charge in [0.2, 0.25) is 5.95 Å². The monoisotopic (exact) mass is 250 g/mol. The van der Waals surface area contributed by atoms with Crippen LogP contribution in [0.4, 0.5) is 11.8 Å². The number of nitrogens with zero attached hydrogens (tertiary/aromatic N) is 2. The average molecular weight is 250 g/mol. The van der Waals surface area contributed by atoms with Crippen molar-refractivity contribution < 1.29 is 0 Å². The molecule has 2 aromatic heterocycles. The first-order valence-corrected chi connectivity index (χ1v) is 6.78. The molecular weight excluding hydrogens is 232 g/mol. The molecule has 3 N–H and O–H groups in total. The largest absolute Gasteiger partial charge is 0.368 e. The molecule has 92 valence electrons. The second kappa shape index (κ2) is 4.87. The second-order valence-electron chi connectivity index (χ2n) is 4.17. The smallest absolute Gasteiger partial charge is 0.223 e. The Morgan fingerprint density at radius 3 is 2.82 bits per heavy atom. The second-order valence-corrected chi connectivity index (χ2v) is 5.28. The fraction of sp³-hybridized carbons (Fsp3) is 0.500. The lowest BCUT2D eigenvalue weighted by Crippen LogP contribution is -2.15. The minimum Gasteiger partial charge on any atom is -0.368 e. The van der Waals surface area contributed by atoms with Gasteiger partial charge in [0.1, 0.15) is 10.6 Å². The van der Waals surface area contributed by atoms with Crippen LogP contribution in [0.3, 0.4) is 0 Å². The lowest BCUT2D eigenvalue weighted by atomic mass is 10.2. The summed E-state index contributed by atoms with van der Waals surface area (Å²) in [6, 6.07) is 2.54. The fourth-order valence-electron chi connectivity index (χ4n) is 1.61. The van der Waals surface area contributed by atoms with Gasteiger partial charge >= 0.3 is 0 Å². The molecule has 0 bridgehead atoms. The highest BCUT2D eigenvalue weighted by molar-refractivity contribution is 7.18. The van der Waals surface area contributed by atoms with Crippen LogP contribution in [0.5, 0.6) is 0 Å². The Labute approximate surface area is 105 Å². The normalized spacial score (nSPS) is 12.9. The van der Waals surface area contributed by atoms with E-state index in [1.54, 1.807) is 11.3 Å². The van der Waals surface area contributed by atoms with Gasteiger partial charge in [-0.25, -0.2) is 4.98 Å². The summed E-state index contributed by atoms with van der Waals surface area (Å²) in [5.74, 6) is 1.20. The van der Waals surface area contributed by atoms with E-state index < -0.39 is 0 Å². The number of anilines is 2. The third-order valence-corrected chi connectivity index (χ3v) is 3.98. The number of thiophene rings is 1. The first-order chi connectivity index (χ1) is 8.13. The number of fused-ring (bicyclic) bond motifs is 1. The SMILES string of the molecule is CCc1cc2c(NC(C)CC)nc(N)nc2s1. The minimum absolute atomic E-state index is 0.341. The molecule has 0 fully saturated rings. The van der Waals surface area contributed by atoms with Crippen molar-refractivity contribution in [1.82, 2.24) is 9.97 Å². The van der Waals surface area contributed by atoms with Gasteiger partial charge in [-0.05, 0) is 25.8 Å². The van der Waals surface area contributed by atoms with Gasteiger partial charge in [-0.2, -0.15) is 4.98 Å². The lowest BCUT2D eigenvalue weighted by Gasteiger charge is -2.12. The molecule has 0 aliphatic carbocycles. The van der Waals surface area contributed by atoms with E-state index in [1.165, 1.54) is 4.88 Å². The molecule has 4 nitrogen and oxygen atoms in total. The van der Waals surface area contributed by atoms with E-state index in [9.17, 15) is 0 Å². The highest BCUT2D eigenvalue weighted by atomic mass is 32.1. The number of aryl methyl sites for hydroxylation is 1. The van der Waals surface area contributed by atoms with Crippen LogP contribution in [-0.4, -0.2) is 16.0 Å². The van der Waals surface area contributed by atoms with E-state index >= 15 is 0 Å². The van der Waals surface area contributed by atoms with Crippen LogP contribution >= 0.6 is 11.3 Å². The van der Waals surface area contributed by atoms with Gasteiger partial charge in [-0.1, -0.05) is 13.8 Å². The molecule has 0 aliphatic rings. The maximum atomic E-state index is 5.74. The minimum atomic E-state index is 0.341. The Morgan fingerprint density at radius 1 is 1.41 bits per heavy atom. The topological polar surface area (TPSA) is 63.8 Å². The lowest BCUT2D eigenvalue weighted by molar-refractivity contribution is 0.760. The van der Waals surface area contributed by atoms with Crippen molar-refractivity contribution in [1.29, 1.82) is 0 Å². The van der Waals surface area contributed by atoms with E-state index in [0.717, 1.165) is 28.9 Å². The van der Waals surface area contributed by atoms with Crippen LogP contribution < -0.4 is 11.1 Å². The summed E-state index contributed by atoms with van der Waals surface area (Å²) < 4.78 is 0. The third kappa shape index (κ3) is 2.49. The zero-order valence-corrected chi connectivity index (χ0v) is 11.3. The first-order valence-electron chi connectivity index (χ1n) is 5.96. The predicted molar refractivity (Wildman–Crippen MR) is 74.6 cm³/mol. The number of nitrogens with two attached hydrogens (primary N) is 1. The molecule has 0 spiro atoms. The van der Waals surface area contributed by atoms with Gasteiger partial charge in [-0.15, -0.1) is 11.3 Å². The Hall–Kier alpha value is -1.36. The number of hydrogen-bond donors (Lipinski definition) is 2. The van der Waals surface area contributed by atoms with Crippen molar-refractivity contribution in [2.75, 3.05) is 11.1 Å². The molecule has 0 aliphatic heterocycles. The van der Waals surface area contributed by atoms with E-state index in [-0.39, 0.29) is 0 Å². The van der Waals surface area contributed by atoms with E-state index in [0.29, 0.717) is 12.0 Å². The van der Waals surface area contributed by atoms with Gasteiger partial charge < -0.3 is 11.1 Å². The quantitative estimate of drug-likeness (QED) is 0.875. The van der Waals surface area contributed by atoms with Crippen LogP contribution in [0, 0.1) is 0 Å². The molecule has 0 amide bonds. The molecule has 1 unspecified atom stereocenters. The molecular formula is C12H18N4S. The summed E-state index contributed by atoms with van der Waals surface area (Å²) in [6.45, 7) is 6.42. The van der Waals surface area contributed by atoms with Crippen molar-refractivity contribution in [3.8, 4) is 0 Å². The van der Waals surface area contributed by atoms with Crippen LogP contribution in [-0.2, 0) is 6.42 Å². The average Bonchev–Trinajstić information content (AvgIpc) is 2.71. The van der Waals surface area contributed by atoms with Crippen molar-refractivity contribution in [3.05, 3.63) is 10.9 Å². The van der Waals surface area contributed by atoms with Crippen LogP contribution in [0.15, 0.2) is 6.07 Å². The van der Waals surface area contributed by atoms with E-state index in [1.807, 2.05) is 0 Å². The molecule has 1 atom stereocenters. The summed E-state index contributed by atoms with van der Waals surface area (Å²) >= 11 is 1.69. The number of aromatic nitrogens is 2. The summed E-state index contributed by atoms with van der Waals surface area (Å²) in [4.78, 5) is 10.9. The standard InChI is InChI=1S/C12H18N4S/c1-4-7(3)14-10-9-6-8(5-2)17-11(9)16-12(13)15-10/h6-7H,4-5H2,1-3H3,(H3,13,14,15,16). The number of nitrogen functional groups attached to an aromatic ring is 1. The Balaban J connectivity index is 2.48. The molecule has 0 radical (unpaired) electrons. The summed E-state index contributed by atoms with van der Waals surface area (Å²) in [5.41, 5.74) is 5.74. The van der Waals surface area contributed by atoms with Gasteiger partial charge in [0.05, 0.1) is 5.39 Å². The zero-order valence-electron chi connectivity index (χ0n) is 10.4. The van der Waals surface area contributed by atoms with Gasteiger partial charge in [-0.3, -0.25) is 0 Å². The molecule has 17 heavy (non-hydrogen) atoms. The fourth-order valence-corrected chi connectivity index (χ4v) is 2.58.